The molecule has 1 saturated heterocycles. The smallest absolute Gasteiger partial charge is 0.286 e. The van der Waals surface area contributed by atoms with Crippen LogP contribution < -0.4 is 10.1 Å². The topological polar surface area (TPSA) is 55.4 Å². The maximum Gasteiger partial charge on any atom is 0.286 e. The van der Waals surface area contributed by atoms with Gasteiger partial charge in [-0.1, -0.05) is 30.0 Å². The van der Waals surface area contributed by atoms with Crippen LogP contribution in [0.2, 0.25) is 0 Å². The normalized spacial score (nSPS) is 17.5. The summed E-state index contributed by atoms with van der Waals surface area (Å²) in [6, 6.07) is 11.8. The first-order valence-electron chi connectivity index (χ1n) is 6.96. The van der Waals surface area contributed by atoms with Gasteiger partial charge < -0.3 is 4.74 Å². The van der Waals surface area contributed by atoms with Gasteiger partial charge in [0, 0.05) is 11.3 Å². The van der Waals surface area contributed by atoms with Gasteiger partial charge in [0.15, 0.2) is 0 Å². The molecule has 1 atom stereocenters. The Labute approximate surface area is 136 Å². The number of amides is 2. The summed E-state index contributed by atoms with van der Waals surface area (Å²) in [5.74, 6) is 0.617. The molecule has 2 aromatic rings. The van der Waals surface area contributed by atoms with Crippen LogP contribution in [0.5, 0.6) is 5.75 Å². The zero-order valence-corrected chi connectivity index (χ0v) is 13.4. The van der Waals surface area contributed by atoms with Gasteiger partial charge in [0.1, 0.15) is 5.75 Å². The highest BCUT2D eigenvalue weighted by Crippen LogP contribution is 2.24. The van der Waals surface area contributed by atoms with Gasteiger partial charge in [0.25, 0.3) is 5.24 Å². The summed E-state index contributed by atoms with van der Waals surface area (Å²) >= 11 is 2.79. The molecule has 0 radical (unpaired) electrons. The fourth-order valence-corrected chi connectivity index (χ4v) is 3.74. The lowest BCUT2D eigenvalue weighted by atomic mass is 10.1. The van der Waals surface area contributed by atoms with Gasteiger partial charge in [0.05, 0.1) is 11.9 Å². The van der Waals surface area contributed by atoms with Crippen LogP contribution in [0.25, 0.3) is 0 Å². The molecular formula is C16H15NO3S2. The highest BCUT2D eigenvalue weighted by molar-refractivity contribution is 8.15. The number of nitrogens with one attached hydrogen (secondary N) is 1. The summed E-state index contributed by atoms with van der Waals surface area (Å²) in [6.07, 6.45) is 1.46. The Morgan fingerprint density at radius 3 is 2.59 bits per heavy atom. The zero-order valence-electron chi connectivity index (χ0n) is 11.8. The van der Waals surface area contributed by atoms with Gasteiger partial charge in [-0.25, -0.2) is 0 Å². The number of carbonyl (C=O) groups excluding carboxylic acids is 2. The number of hydrogen-bond donors (Lipinski definition) is 1. The van der Waals surface area contributed by atoms with Gasteiger partial charge in [-0.3, -0.25) is 14.9 Å². The van der Waals surface area contributed by atoms with Gasteiger partial charge in [-0.15, -0.1) is 11.3 Å². The van der Waals surface area contributed by atoms with E-state index in [1.165, 1.54) is 4.88 Å². The first-order valence-corrected chi connectivity index (χ1v) is 8.72. The number of imide groups is 1. The van der Waals surface area contributed by atoms with Crippen LogP contribution in [0.4, 0.5) is 4.79 Å². The molecule has 0 saturated carbocycles. The molecule has 22 heavy (non-hydrogen) atoms. The molecule has 1 aliphatic rings. The van der Waals surface area contributed by atoms with Crippen molar-refractivity contribution < 1.29 is 14.3 Å². The van der Waals surface area contributed by atoms with E-state index in [2.05, 4.69) is 16.8 Å². The Bertz CT molecular complexity index is 653. The Balaban J connectivity index is 1.49. The first-order chi connectivity index (χ1) is 10.7. The average molecular weight is 333 g/mol. The van der Waals surface area contributed by atoms with Gasteiger partial charge >= 0.3 is 0 Å². The first kappa shape index (κ1) is 15.1. The number of hydrogen-bond acceptors (Lipinski definition) is 5. The molecule has 0 spiro atoms. The molecular weight excluding hydrogens is 318 g/mol. The Hall–Kier alpha value is -1.79. The molecule has 1 unspecified atom stereocenters. The van der Waals surface area contributed by atoms with Crippen molar-refractivity contribution in [2.75, 3.05) is 6.61 Å². The maximum atomic E-state index is 11.5. The summed E-state index contributed by atoms with van der Waals surface area (Å²) < 4.78 is 5.71. The molecule has 1 N–H and O–H groups in total. The second-order valence-corrected chi connectivity index (χ2v) is 7.12. The van der Waals surface area contributed by atoms with Crippen LogP contribution in [0.3, 0.4) is 0 Å². The molecule has 2 heterocycles. The summed E-state index contributed by atoms with van der Waals surface area (Å²) in [6.45, 7) is 0.648. The largest absolute Gasteiger partial charge is 0.493 e. The second-order valence-electron chi connectivity index (χ2n) is 4.91. The van der Waals surface area contributed by atoms with Crippen LogP contribution in [-0.2, 0) is 17.6 Å². The third-order valence-electron chi connectivity index (χ3n) is 3.31. The fourth-order valence-electron chi connectivity index (χ4n) is 2.19. The zero-order chi connectivity index (χ0) is 15.4. The molecule has 1 fully saturated rings. The summed E-state index contributed by atoms with van der Waals surface area (Å²) in [5, 5.41) is 3.78. The Kier molecular flexibility index (Phi) is 4.80. The predicted octanol–water partition coefficient (Wildman–Crippen LogP) is 3.26. The third kappa shape index (κ3) is 3.90. The number of thioether (sulfide) groups is 1. The molecule has 1 aliphatic heterocycles. The standard InChI is InChI=1S/C16H15NO3S2/c18-15-14(22-16(19)17-15)10-11-3-5-12(6-4-11)20-8-7-13-2-1-9-21-13/h1-6,9,14H,7-8,10H2,(H,17,18,19). The van der Waals surface area contributed by atoms with Crippen molar-refractivity contribution >= 4 is 34.2 Å². The minimum Gasteiger partial charge on any atom is -0.493 e. The molecule has 2 amide bonds. The van der Waals surface area contributed by atoms with E-state index in [0.717, 1.165) is 29.5 Å². The predicted molar refractivity (Wildman–Crippen MR) is 88.6 cm³/mol. The van der Waals surface area contributed by atoms with E-state index < -0.39 is 0 Å². The second kappa shape index (κ2) is 6.98. The van der Waals surface area contributed by atoms with Crippen LogP contribution in [0.1, 0.15) is 10.4 Å². The molecule has 4 nitrogen and oxygen atoms in total. The molecule has 114 valence electrons. The lowest BCUT2D eigenvalue weighted by molar-refractivity contribution is -0.118. The van der Waals surface area contributed by atoms with E-state index in [-0.39, 0.29) is 16.4 Å². The van der Waals surface area contributed by atoms with Crippen molar-refractivity contribution in [2.45, 2.75) is 18.1 Å². The van der Waals surface area contributed by atoms with Crippen molar-refractivity contribution in [3.8, 4) is 5.75 Å². The monoisotopic (exact) mass is 333 g/mol. The third-order valence-corrected chi connectivity index (χ3v) is 5.23. The highest BCUT2D eigenvalue weighted by atomic mass is 32.2. The van der Waals surface area contributed by atoms with E-state index in [0.29, 0.717) is 13.0 Å². The number of benzene rings is 1. The number of thiophene rings is 1. The summed E-state index contributed by atoms with van der Waals surface area (Å²) in [5.41, 5.74) is 1.02. The summed E-state index contributed by atoms with van der Waals surface area (Å²) in [4.78, 5) is 24.0. The lowest BCUT2D eigenvalue weighted by Crippen LogP contribution is -2.25. The van der Waals surface area contributed by atoms with Crippen LogP contribution in [0.15, 0.2) is 41.8 Å². The van der Waals surface area contributed by atoms with Gasteiger partial charge in [0.2, 0.25) is 5.91 Å². The average Bonchev–Trinajstić information content (AvgIpc) is 3.11. The quantitative estimate of drug-likeness (QED) is 0.881. The van der Waals surface area contributed by atoms with Crippen molar-refractivity contribution in [1.29, 1.82) is 0 Å². The van der Waals surface area contributed by atoms with Crippen molar-refractivity contribution in [3.05, 3.63) is 52.2 Å². The molecule has 1 aromatic carbocycles. The Morgan fingerprint density at radius 1 is 1.14 bits per heavy atom. The summed E-state index contributed by atoms with van der Waals surface area (Å²) in [7, 11) is 0. The van der Waals surface area contributed by atoms with Gasteiger partial charge in [-0.05, 0) is 35.6 Å². The fraction of sp³-hybridized carbons (Fsp3) is 0.250. The molecule has 6 heteroatoms. The van der Waals surface area contributed by atoms with E-state index in [1.54, 1.807) is 11.3 Å². The van der Waals surface area contributed by atoms with E-state index >= 15 is 0 Å². The number of ether oxygens (including phenoxy) is 1. The van der Waals surface area contributed by atoms with Crippen LogP contribution >= 0.6 is 23.1 Å². The van der Waals surface area contributed by atoms with Crippen LogP contribution in [-0.4, -0.2) is 23.0 Å². The van der Waals surface area contributed by atoms with Crippen LogP contribution in [0, 0.1) is 0 Å². The minimum atomic E-state index is -0.321. The van der Waals surface area contributed by atoms with E-state index in [9.17, 15) is 9.59 Å². The van der Waals surface area contributed by atoms with E-state index in [4.69, 9.17) is 4.74 Å². The lowest BCUT2D eigenvalue weighted by Gasteiger charge is -2.08. The minimum absolute atomic E-state index is 0.203. The van der Waals surface area contributed by atoms with Crippen molar-refractivity contribution in [1.82, 2.24) is 5.32 Å². The number of carbonyl (C=O) groups is 2. The van der Waals surface area contributed by atoms with Gasteiger partial charge in [-0.2, -0.15) is 0 Å². The Morgan fingerprint density at radius 2 is 1.95 bits per heavy atom. The van der Waals surface area contributed by atoms with Crippen molar-refractivity contribution in [3.63, 3.8) is 0 Å². The highest BCUT2D eigenvalue weighted by Gasteiger charge is 2.31. The van der Waals surface area contributed by atoms with Crippen molar-refractivity contribution in [2.24, 2.45) is 0 Å². The number of rotatable bonds is 6. The SMILES string of the molecule is O=C1NC(=O)C(Cc2ccc(OCCc3cccs3)cc2)S1. The molecule has 0 aliphatic carbocycles. The maximum absolute atomic E-state index is 11.5. The molecule has 3 rings (SSSR count). The molecule has 1 aromatic heterocycles. The molecule has 0 bridgehead atoms. The van der Waals surface area contributed by atoms with E-state index in [1.807, 2.05) is 30.3 Å².